The Kier molecular flexibility index (Phi) is 3.75. The molecule has 3 heteroatoms. The molecule has 1 aliphatic rings. The van der Waals surface area contributed by atoms with Crippen LogP contribution in [0.4, 0.5) is 0 Å². The van der Waals surface area contributed by atoms with Crippen LogP contribution in [-0.2, 0) is 0 Å². The molecule has 0 saturated heterocycles. The Morgan fingerprint density at radius 1 is 0.778 bits per heavy atom. The molecule has 0 radical (unpaired) electrons. The number of para-hydroxylation sites is 1. The van der Waals surface area contributed by atoms with Crippen LogP contribution in [0.25, 0.3) is 33.6 Å². The van der Waals surface area contributed by atoms with Gasteiger partial charge in [0.1, 0.15) is 22.8 Å². The number of benzene rings is 2. The Hall–Kier alpha value is -3.07. The van der Waals surface area contributed by atoms with Gasteiger partial charge in [-0.3, -0.25) is 0 Å². The summed E-state index contributed by atoms with van der Waals surface area (Å²) >= 11 is 0. The molecule has 0 aliphatic heterocycles. The molecule has 1 aliphatic carbocycles. The lowest BCUT2D eigenvalue weighted by atomic mass is 9.97. The zero-order valence-electron chi connectivity index (χ0n) is 15.6. The molecule has 0 fully saturated rings. The second-order valence-corrected chi connectivity index (χ2v) is 7.13. The summed E-state index contributed by atoms with van der Waals surface area (Å²) in [4.78, 5) is 4.88. The highest BCUT2D eigenvalue weighted by atomic mass is 16.4. The SMILES string of the molecule is Cc1oc(-c2ccccc2)nc1C1=C(c2c(C)oc3ccccc23)CCC1. The lowest BCUT2D eigenvalue weighted by Crippen LogP contribution is -1.90. The van der Waals surface area contributed by atoms with Gasteiger partial charge in [-0.05, 0) is 62.5 Å². The fourth-order valence-electron chi connectivity index (χ4n) is 4.20. The van der Waals surface area contributed by atoms with Crippen molar-refractivity contribution in [3.8, 4) is 11.5 Å². The Bertz CT molecular complexity index is 1160. The molecule has 27 heavy (non-hydrogen) atoms. The van der Waals surface area contributed by atoms with Gasteiger partial charge in [-0.2, -0.15) is 0 Å². The third-order valence-corrected chi connectivity index (χ3v) is 5.39. The van der Waals surface area contributed by atoms with Crippen LogP contribution in [0.1, 0.15) is 42.0 Å². The van der Waals surface area contributed by atoms with Crippen LogP contribution in [0, 0.1) is 13.8 Å². The minimum atomic E-state index is 0.690. The number of furan rings is 1. The largest absolute Gasteiger partial charge is 0.461 e. The number of rotatable bonds is 3. The maximum Gasteiger partial charge on any atom is 0.226 e. The average molecular weight is 355 g/mol. The normalized spacial score (nSPS) is 14.4. The van der Waals surface area contributed by atoms with E-state index in [1.165, 1.54) is 22.1 Å². The van der Waals surface area contributed by atoms with E-state index < -0.39 is 0 Å². The monoisotopic (exact) mass is 355 g/mol. The van der Waals surface area contributed by atoms with Crippen molar-refractivity contribution in [2.75, 3.05) is 0 Å². The maximum atomic E-state index is 6.03. The van der Waals surface area contributed by atoms with Crippen molar-refractivity contribution in [3.05, 3.63) is 77.4 Å². The van der Waals surface area contributed by atoms with Gasteiger partial charge in [0.2, 0.25) is 5.89 Å². The van der Waals surface area contributed by atoms with Gasteiger partial charge >= 0.3 is 0 Å². The van der Waals surface area contributed by atoms with E-state index in [0.717, 1.165) is 47.6 Å². The highest BCUT2D eigenvalue weighted by Crippen LogP contribution is 2.45. The molecule has 0 saturated carbocycles. The van der Waals surface area contributed by atoms with Gasteiger partial charge < -0.3 is 8.83 Å². The van der Waals surface area contributed by atoms with Crippen LogP contribution < -0.4 is 0 Å². The number of nitrogens with zero attached hydrogens (tertiary/aromatic N) is 1. The van der Waals surface area contributed by atoms with E-state index in [2.05, 4.69) is 19.1 Å². The number of aryl methyl sites for hydroxylation is 2. The predicted octanol–water partition coefficient (Wildman–Crippen LogP) is 6.80. The molecule has 0 unspecified atom stereocenters. The number of fused-ring (bicyclic) bond motifs is 1. The van der Waals surface area contributed by atoms with Gasteiger partial charge in [0, 0.05) is 16.5 Å². The highest BCUT2D eigenvalue weighted by molar-refractivity contribution is 6.02. The van der Waals surface area contributed by atoms with Crippen LogP contribution in [-0.4, -0.2) is 4.98 Å². The van der Waals surface area contributed by atoms with Crippen LogP contribution in [0.3, 0.4) is 0 Å². The van der Waals surface area contributed by atoms with Gasteiger partial charge in [0.05, 0.1) is 0 Å². The first kappa shape index (κ1) is 16.1. The van der Waals surface area contributed by atoms with Crippen molar-refractivity contribution in [2.45, 2.75) is 33.1 Å². The molecular formula is C24H21NO2. The summed E-state index contributed by atoms with van der Waals surface area (Å²) in [5.41, 5.74) is 6.84. The molecule has 0 N–H and O–H groups in total. The summed E-state index contributed by atoms with van der Waals surface area (Å²) in [7, 11) is 0. The molecule has 0 bridgehead atoms. The third kappa shape index (κ3) is 2.62. The summed E-state index contributed by atoms with van der Waals surface area (Å²) in [6, 6.07) is 18.4. The number of hydrogen-bond donors (Lipinski definition) is 0. The van der Waals surface area contributed by atoms with Crippen LogP contribution >= 0.6 is 0 Å². The van der Waals surface area contributed by atoms with E-state index in [-0.39, 0.29) is 0 Å². The van der Waals surface area contributed by atoms with Gasteiger partial charge in [-0.15, -0.1) is 0 Å². The van der Waals surface area contributed by atoms with Crippen molar-refractivity contribution in [2.24, 2.45) is 0 Å². The summed E-state index contributed by atoms with van der Waals surface area (Å²) < 4.78 is 12.1. The third-order valence-electron chi connectivity index (χ3n) is 5.39. The van der Waals surface area contributed by atoms with Crippen molar-refractivity contribution >= 4 is 22.1 Å². The second kappa shape index (κ2) is 6.27. The Labute approximate surface area is 158 Å². The quantitative estimate of drug-likeness (QED) is 0.406. The topological polar surface area (TPSA) is 39.2 Å². The number of hydrogen-bond acceptors (Lipinski definition) is 3. The van der Waals surface area contributed by atoms with Gasteiger partial charge in [0.25, 0.3) is 0 Å². The van der Waals surface area contributed by atoms with E-state index in [1.54, 1.807) is 0 Å². The van der Waals surface area contributed by atoms with Crippen LogP contribution in [0.15, 0.2) is 63.4 Å². The van der Waals surface area contributed by atoms with E-state index in [1.807, 2.05) is 49.4 Å². The number of aromatic nitrogens is 1. The van der Waals surface area contributed by atoms with Crippen molar-refractivity contribution in [1.29, 1.82) is 0 Å². The summed E-state index contributed by atoms with van der Waals surface area (Å²) in [6.45, 7) is 4.07. The van der Waals surface area contributed by atoms with Crippen LogP contribution in [0.5, 0.6) is 0 Å². The zero-order chi connectivity index (χ0) is 18.4. The molecule has 4 aromatic rings. The zero-order valence-corrected chi connectivity index (χ0v) is 15.6. The van der Waals surface area contributed by atoms with Crippen molar-refractivity contribution in [3.63, 3.8) is 0 Å². The lowest BCUT2D eigenvalue weighted by Gasteiger charge is -2.06. The number of allylic oxidation sites excluding steroid dienone is 2. The Morgan fingerprint density at radius 3 is 2.37 bits per heavy atom. The molecule has 0 atom stereocenters. The molecule has 134 valence electrons. The van der Waals surface area contributed by atoms with E-state index in [9.17, 15) is 0 Å². The molecule has 0 spiro atoms. The minimum absolute atomic E-state index is 0.690. The van der Waals surface area contributed by atoms with Crippen LogP contribution in [0.2, 0.25) is 0 Å². The maximum absolute atomic E-state index is 6.03. The second-order valence-electron chi connectivity index (χ2n) is 7.13. The molecule has 0 amide bonds. The smallest absolute Gasteiger partial charge is 0.226 e. The first-order valence-corrected chi connectivity index (χ1v) is 9.46. The van der Waals surface area contributed by atoms with Gasteiger partial charge in [-0.25, -0.2) is 4.98 Å². The Morgan fingerprint density at radius 2 is 1.52 bits per heavy atom. The van der Waals surface area contributed by atoms with Gasteiger partial charge in [-0.1, -0.05) is 36.4 Å². The predicted molar refractivity (Wildman–Crippen MR) is 108 cm³/mol. The van der Waals surface area contributed by atoms with E-state index in [4.69, 9.17) is 13.8 Å². The molecule has 2 heterocycles. The highest BCUT2D eigenvalue weighted by Gasteiger charge is 2.26. The fraction of sp³-hybridized carbons (Fsp3) is 0.208. The first-order valence-electron chi connectivity index (χ1n) is 9.46. The first-order chi connectivity index (χ1) is 13.2. The summed E-state index contributed by atoms with van der Waals surface area (Å²) in [6.07, 6.45) is 3.21. The molecule has 5 rings (SSSR count). The fourth-order valence-corrected chi connectivity index (χ4v) is 4.20. The number of oxazole rings is 1. The standard InChI is InChI=1S/C24H21NO2/c1-15-22(20-11-6-7-14-21(20)26-15)18-12-8-13-19(18)23-16(2)27-24(25-23)17-9-4-3-5-10-17/h3-7,9-11,14H,8,12-13H2,1-2H3. The Balaban J connectivity index is 1.68. The van der Waals surface area contributed by atoms with E-state index >= 15 is 0 Å². The molecular weight excluding hydrogens is 334 g/mol. The molecule has 2 aromatic carbocycles. The van der Waals surface area contributed by atoms with Crippen molar-refractivity contribution < 1.29 is 8.83 Å². The minimum Gasteiger partial charge on any atom is -0.461 e. The van der Waals surface area contributed by atoms with E-state index in [0.29, 0.717) is 5.89 Å². The lowest BCUT2D eigenvalue weighted by molar-refractivity contribution is 0.541. The average Bonchev–Trinajstić information content (AvgIpc) is 3.38. The summed E-state index contributed by atoms with van der Waals surface area (Å²) in [5, 5.41) is 1.19. The summed E-state index contributed by atoms with van der Waals surface area (Å²) in [5.74, 6) is 2.55. The van der Waals surface area contributed by atoms with Crippen molar-refractivity contribution in [1.82, 2.24) is 4.98 Å². The molecule has 2 aromatic heterocycles. The van der Waals surface area contributed by atoms with Gasteiger partial charge in [0.15, 0.2) is 0 Å². The molecule has 3 nitrogen and oxygen atoms in total.